The van der Waals surface area contributed by atoms with Gasteiger partial charge in [-0.1, -0.05) is 13.8 Å². The second kappa shape index (κ2) is 3.29. The fraction of sp³-hybridized carbons (Fsp3) is 1.00. The Hall–Kier alpha value is -0.180. The van der Waals surface area contributed by atoms with Crippen molar-refractivity contribution in [3.63, 3.8) is 0 Å². The van der Waals surface area contributed by atoms with Crippen LogP contribution in [0, 0.1) is 11.3 Å². The van der Waals surface area contributed by atoms with E-state index in [2.05, 4.69) is 13.8 Å². The first kappa shape index (κ1) is 9.90. The lowest BCUT2D eigenvalue weighted by Crippen LogP contribution is -2.36. The average molecular weight is 177 g/mol. The molecule has 12 heavy (non-hydrogen) atoms. The van der Waals surface area contributed by atoms with Crippen LogP contribution >= 0.6 is 0 Å². The van der Waals surface area contributed by atoms with Crippen molar-refractivity contribution in [2.45, 2.75) is 45.6 Å². The summed E-state index contributed by atoms with van der Waals surface area (Å²) in [4.78, 5) is 0. The first-order chi connectivity index (χ1) is 5.42. The molecular weight excluding hydrogens is 160 g/mol. The minimum absolute atomic E-state index is 0.0278. The summed E-state index contributed by atoms with van der Waals surface area (Å²) in [6.07, 6.45) is 0.374. The van der Waals surface area contributed by atoms with Crippen molar-refractivity contribution in [2.24, 2.45) is 17.1 Å². The van der Waals surface area contributed by atoms with Crippen molar-refractivity contribution >= 4 is 0 Å². The Balaban J connectivity index is 2.47. The fourth-order valence-electron chi connectivity index (χ4n) is 2.02. The quantitative estimate of drug-likeness (QED) is 0.688. The van der Waals surface area contributed by atoms with E-state index in [1.165, 1.54) is 0 Å². The summed E-state index contributed by atoms with van der Waals surface area (Å²) >= 11 is 0. The van der Waals surface area contributed by atoms with Crippen molar-refractivity contribution in [2.75, 3.05) is 0 Å². The summed E-state index contributed by atoms with van der Waals surface area (Å²) in [5.41, 5.74) is 5.61. The van der Waals surface area contributed by atoms with Crippen LogP contribution in [0.15, 0.2) is 0 Å². The molecular formula is C9H17F2N. The van der Waals surface area contributed by atoms with Crippen LogP contribution in [0.4, 0.5) is 8.78 Å². The van der Waals surface area contributed by atoms with Crippen LogP contribution in [0.5, 0.6) is 0 Å². The van der Waals surface area contributed by atoms with Gasteiger partial charge < -0.3 is 5.73 Å². The molecule has 0 amide bonds. The van der Waals surface area contributed by atoms with Crippen molar-refractivity contribution < 1.29 is 8.78 Å². The molecule has 2 unspecified atom stereocenters. The Labute approximate surface area is 72.3 Å². The zero-order valence-electron chi connectivity index (χ0n) is 7.69. The minimum Gasteiger partial charge on any atom is -0.323 e. The molecule has 1 aliphatic rings. The third kappa shape index (κ3) is 2.16. The monoisotopic (exact) mass is 177 g/mol. The number of hydrogen-bond donors (Lipinski definition) is 1. The maximum absolute atomic E-state index is 12.2. The highest BCUT2D eigenvalue weighted by Crippen LogP contribution is 2.42. The minimum atomic E-state index is -2.36. The van der Waals surface area contributed by atoms with Crippen molar-refractivity contribution in [1.29, 1.82) is 0 Å². The molecule has 0 heterocycles. The van der Waals surface area contributed by atoms with E-state index in [0.717, 1.165) is 19.3 Å². The average Bonchev–Trinajstić information content (AvgIpc) is 2.28. The third-order valence-electron chi connectivity index (χ3n) is 2.84. The van der Waals surface area contributed by atoms with E-state index >= 15 is 0 Å². The second-order valence-electron chi connectivity index (χ2n) is 4.58. The van der Waals surface area contributed by atoms with Gasteiger partial charge in [0.25, 0.3) is 6.43 Å². The molecule has 0 bridgehead atoms. The predicted octanol–water partition coefficient (Wildman–Crippen LogP) is 2.41. The Morgan fingerprint density at radius 2 is 2.00 bits per heavy atom. The van der Waals surface area contributed by atoms with E-state index in [4.69, 9.17) is 5.73 Å². The highest BCUT2D eigenvalue weighted by atomic mass is 19.3. The molecule has 0 spiro atoms. The van der Waals surface area contributed by atoms with Crippen LogP contribution in [0.3, 0.4) is 0 Å². The van der Waals surface area contributed by atoms with E-state index in [-0.39, 0.29) is 11.3 Å². The van der Waals surface area contributed by atoms with Gasteiger partial charge in [-0.25, -0.2) is 8.78 Å². The first-order valence-corrected chi connectivity index (χ1v) is 4.46. The lowest BCUT2D eigenvalue weighted by molar-refractivity contribution is 0.0870. The molecule has 2 atom stereocenters. The lowest BCUT2D eigenvalue weighted by atomic mass is 9.89. The zero-order valence-corrected chi connectivity index (χ0v) is 7.69. The molecule has 1 saturated carbocycles. The lowest BCUT2D eigenvalue weighted by Gasteiger charge is -2.21. The van der Waals surface area contributed by atoms with Crippen molar-refractivity contribution in [3.05, 3.63) is 0 Å². The normalized spacial score (nSPS) is 31.0. The summed E-state index contributed by atoms with van der Waals surface area (Å²) in [6.45, 7) is 4.23. The van der Waals surface area contributed by atoms with Gasteiger partial charge in [0.2, 0.25) is 0 Å². The van der Waals surface area contributed by atoms with Crippen molar-refractivity contribution in [3.8, 4) is 0 Å². The molecule has 2 N–H and O–H groups in total. The van der Waals surface area contributed by atoms with Gasteiger partial charge in [0.1, 0.15) is 0 Å². The Bertz CT molecular complexity index is 157. The van der Waals surface area contributed by atoms with Crippen molar-refractivity contribution in [1.82, 2.24) is 0 Å². The van der Waals surface area contributed by atoms with Gasteiger partial charge in [-0.3, -0.25) is 0 Å². The molecule has 1 aliphatic carbocycles. The highest BCUT2D eigenvalue weighted by Gasteiger charge is 2.37. The Morgan fingerprint density at radius 1 is 1.42 bits per heavy atom. The van der Waals surface area contributed by atoms with Crippen LogP contribution in [0.2, 0.25) is 0 Å². The number of nitrogens with two attached hydrogens (primary N) is 1. The molecule has 3 heteroatoms. The number of rotatable bonds is 2. The van der Waals surface area contributed by atoms with E-state index < -0.39 is 12.5 Å². The zero-order chi connectivity index (χ0) is 9.35. The molecule has 0 aromatic carbocycles. The molecule has 1 fully saturated rings. The summed E-state index contributed by atoms with van der Waals surface area (Å²) in [5, 5.41) is 0. The second-order valence-corrected chi connectivity index (χ2v) is 4.58. The van der Waals surface area contributed by atoms with Crippen LogP contribution in [-0.4, -0.2) is 12.5 Å². The molecule has 1 nitrogen and oxygen atoms in total. The summed E-state index contributed by atoms with van der Waals surface area (Å²) in [7, 11) is 0. The SMILES string of the molecule is CC1(C)CCC(C(N)C(F)F)C1. The number of halogens is 2. The van der Waals surface area contributed by atoms with Gasteiger partial charge in [-0.15, -0.1) is 0 Å². The topological polar surface area (TPSA) is 26.0 Å². The Kier molecular flexibility index (Phi) is 2.71. The Morgan fingerprint density at radius 3 is 2.33 bits per heavy atom. The van der Waals surface area contributed by atoms with Crippen LogP contribution in [0.25, 0.3) is 0 Å². The van der Waals surface area contributed by atoms with E-state index in [9.17, 15) is 8.78 Å². The molecule has 72 valence electrons. The van der Waals surface area contributed by atoms with E-state index in [0.29, 0.717) is 0 Å². The third-order valence-corrected chi connectivity index (χ3v) is 2.84. The summed E-state index contributed by atoms with van der Waals surface area (Å²) in [6, 6.07) is -0.910. The highest BCUT2D eigenvalue weighted by molar-refractivity contribution is 4.88. The van der Waals surface area contributed by atoms with Crippen LogP contribution in [0.1, 0.15) is 33.1 Å². The maximum atomic E-state index is 12.2. The molecule has 0 radical (unpaired) electrons. The summed E-state index contributed by atoms with van der Waals surface area (Å²) in [5.74, 6) is 0.0278. The van der Waals surface area contributed by atoms with Gasteiger partial charge in [0.15, 0.2) is 0 Å². The summed E-state index contributed by atoms with van der Waals surface area (Å²) < 4.78 is 24.4. The van der Waals surface area contributed by atoms with E-state index in [1.54, 1.807) is 0 Å². The smallest absolute Gasteiger partial charge is 0.253 e. The molecule has 1 rings (SSSR count). The van der Waals surface area contributed by atoms with Crippen LogP contribution in [-0.2, 0) is 0 Å². The first-order valence-electron chi connectivity index (χ1n) is 4.46. The van der Waals surface area contributed by atoms with Crippen LogP contribution < -0.4 is 5.73 Å². The molecule has 0 aromatic heterocycles. The predicted molar refractivity (Wildman–Crippen MR) is 45.1 cm³/mol. The van der Waals surface area contributed by atoms with E-state index in [1.807, 2.05) is 0 Å². The molecule has 0 saturated heterocycles. The molecule has 0 aromatic rings. The maximum Gasteiger partial charge on any atom is 0.253 e. The number of alkyl halides is 2. The van der Waals surface area contributed by atoms with Gasteiger partial charge in [0, 0.05) is 0 Å². The standard InChI is InChI=1S/C9H17F2N/c1-9(2)4-3-6(5-9)7(12)8(10)11/h6-8H,3-5,12H2,1-2H3. The van der Waals surface area contributed by atoms with Gasteiger partial charge in [0.05, 0.1) is 6.04 Å². The van der Waals surface area contributed by atoms with Gasteiger partial charge in [-0.05, 0) is 30.6 Å². The largest absolute Gasteiger partial charge is 0.323 e. The fourth-order valence-corrected chi connectivity index (χ4v) is 2.02. The van der Waals surface area contributed by atoms with Gasteiger partial charge in [-0.2, -0.15) is 0 Å². The molecule has 0 aliphatic heterocycles. The number of hydrogen-bond acceptors (Lipinski definition) is 1. The van der Waals surface area contributed by atoms with Gasteiger partial charge >= 0.3 is 0 Å².